The van der Waals surface area contributed by atoms with E-state index in [9.17, 15) is 0 Å². The number of hydrogen-bond donors (Lipinski definition) is 1. The van der Waals surface area contributed by atoms with Gasteiger partial charge in [0.1, 0.15) is 0 Å². The number of nitrogens with one attached hydrogen (secondary N) is 1. The number of fused-ring (bicyclic) bond motifs is 2. The van der Waals surface area contributed by atoms with Gasteiger partial charge >= 0.3 is 0 Å². The molecule has 0 saturated carbocycles. The fourth-order valence-corrected chi connectivity index (χ4v) is 3.60. The Hall–Kier alpha value is -0.120. The SMILES string of the molecule is CCN(CC(C)COC)C1CC2CCC(C1)N2. The van der Waals surface area contributed by atoms with Crippen LogP contribution < -0.4 is 5.32 Å². The second kappa shape index (κ2) is 6.17. The first-order valence-electron chi connectivity index (χ1n) is 7.22. The van der Waals surface area contributed by atoms with Gasteiger partial charge < -0.3 is 15.0 Å². The molecule has 3 atom stereocenters. The molecule has 3 nitrogen and oxygen atoms in total. The molecule has 2 heterocycles. The Morgan fingerprint density at radius 1 is 1.29 bits per heavy atom. The zero-order valence-electron chi connectivity index (χ0n) is 11.6. The van der Waals surface area contributed by atoms with Gasteiger partial charge in [-0.25, -0.2) is 0 Å². The minimum absolute atomic E-state index is 0.646. The van der Waals surface area contributed by atoms with Crippen molar-refractivity contribution < 1.29 is 4.74 Å². The van der Waals surface area contributed by atoms with E-state index in [-0.39, 0.29) is 0 Å². The largest absolute Gasteiger partial charge is 0.384 e. The number of rotatable bonds is 6. The summed E-state index contributed by atoms with van der Waals surface area (Å²) in [5, 5.41) is 3.73. The third-order valence-corrected chi connectivity index (χ3v) is 4.37. The molecule has 2 aliphatic rings. The second-order valence-corrected chi connectivity index (χ2v) is 5.91. The first-order chi connectivity index (χ1) is 8.22. The third kappa shape index (κ3) is 3.43. The van der Waals surface area contributed by atoms with Crippen LogP contribution >= 0.6 is 0 Å². The van der Waals surface area contributed by atoms with E-state index in [0.29, 0.717) is 5.92 Å². The normalized spacial score (nSPS) is 34.2. The van der Waals surface area contributed by atoms with Crippen LogP contribution in [0, 0.1) is 5.92 Å². The number of hydrogen-bond acceptors (Lipinski definition) is 3. The van der Waals surface area contributed by atoms with Crippen LogP contribution in [0.3, 0.4) is 0 Å². The quantitative estimate of drug-likeness (QED) is 0.767. The molecule has 2 rings (SSSR count). The van der Waals surface area contributed by atoms with Crippen LogP contribution in [0.1, 0.15) is 39.5 Å². The first-order valence-corrected chi connectivity index (χ1v) is 7.22. The Morgan fingerprint density at radius 2 is 1.94 bits per heavy atom. The van der Waals surface area contributed by atoms with Crippen molar-refractivity contribution in [2.45, 2.75) is 57.7 Å². The fourth-order valence-electron chi connectivity index (χ4n) is 3.60. The fraction of sp³-hybridized carbons (Fsp3) is 1.00. The summed E-state index contributed by atoms with van der Waals surface area (Å²) in [5.41, 5.74) is 0. The molecule has 100 valence electrons. The minimum atomic E-state index is 0.646. The summed E-state index contributed by atoms with van der Waals surface area (Å²) in [5.74, 6) is 0.646. The predicted octanol–water partition coefficient (Wildman–Crippen LogP) is 1.87. The number of methoxy groups -OCH3 is 1. The monoisotopic (exact) mass is 240 g/mol. The molecule has 3 unspecified atom stereocenters. The van der Waals surface area contributed by atoms with E-state index in [1.807, 2.05) is 0 Å². The lowest BCUT2D eigenvalue weighted by Crippen LogP contribution is -2.49. The first kappa shape index (κ1) is 13.3. The summed E-state index contributed by atoms with van der Waals surface area (Å²) in [7, 11) is 1.80. The van der Waals surface area contributed by atoms with Gasteiger partial charge in [0.15, 0.2) is 0 Å². The highest BCUT2D eigenvalue weighted by Gasteiger charge is 2.35. The lowest BCUT2D eigenvalue weighted by atomic mass is 9.97. The van der Waals surface area contributed by atoms with E-state index in [1.54, 1.807) is 7.11 Å². The topological polar surface area (TPSA) is 24.5 Å². The highest BCUT2D eigenvalue weighted by Crippen LogP contribution is 2.29. The Bertz CT molecular complexity index is 222. The van der Waals surface area contributed by atoms with Crippen molar-refractivity contribution in [1.29, 1.82) is 0 Å². The van der Waals surface area contributed by atoms with Crippen molar-refractivity contribution in [2.24, 2.45) is 5.92 Å². The van der Waals surface area contributed by atoms with Crippen LogP contribution in [0.2, 0.25) is 0 Å². The van der Waals surface area contributed by atoms with Gasteiger partial charge in [-0.2, -0.15) is 0 Å². The minimum Gasteiger partial charge on any atom is -0.384 e. The van der Waals surface area contributed by atoms with Crippen molar-refractivity contribution in [3.63, 3.8) is 0 Å². The van der Waals surface area contributed by atoms with Gasteiger partial charge in [-0.3, -0.25) is 0 Å². The average Bonchev–Trinajstić information content (AvgIpc) is 2.65. The van der Waals surface area contributed by atoms with Crippen LogP contribution in [0.15, 0.2) is 0 Å². The molecule has 2 bridgehead atoms. The molecule has 0 amide bonds. The van der Waals surface area contributed by atoms with Crippen LogP contribution in [0.4, 0.5) is 0 Å². The van der Waals surface area contributed by atoms with Crippen molar-refractivity contribution in [1.82, 2.24) is 10.2 Å². The summed E-state index contributed by atoms with van der Waals surface area (Å²) in [4.78, 5) is 2.68. The van der Waals surface area contributed by atoms with E-state index in [1.165, 1.54) is 38.8 Å². The molecule has 0 radical (unpaired) electrons. The van der Waals surface area contributed by atoms with E-state index < -0.39 is 0 Å². The van der Waals surface area contributed by atoms with Gasteiger partial charge in [0.25, 0.3) is 0 Å². The van der Waals surface area contributed by atoms with Crippen LogP contribution in [-0.2, 0) is 4.74 Å². The summed E-state index contributed by atoms with van der Waals surface area (Å²) in [6.45, 7) is 7.84. The smallest absolute Gasteiger partial charge is 0.0500 e. The molecule has 3 heteroatoms. The molecule has 17 heavy (non-hydrogen) atoms. The Balaban J connectivity index is 1.85. The lowest BCUT2D eigenvalue weighted by Gasteiger charge is -2.38. The van der Waals surface area contributed by atoms with E-state index >= 15 is 0 Å². The van der Waals surface area contributed by atoms with Gasteiger partial charge in [0.05, 0.1) is 0 Å². The third-order valence-electron chi connectivity index (χ3n) is 4.37. The van der Waals surface area contributed by atoms with Gasteiger partial charge in [0, 0.05) is 38.4 Å². The predicted molar refractivity (Wildman–Crippen MR) is 71.3 cm³/mol. The molecule has 1 N–H and O–H groups in total. The van der Waals surface area contributed by atoms with Gasteiger partial charge in [-0.1, -0.05) is 13.8 Å². The number of ether oxygens (including phenoxy) is 1. The molecular weight excluding hydrogens is 212 g/mol. The number of nitrogens with zero attached hydrogens (tertiary/aromatic N) is 1. The zero-order valence-corrected chi connectivity index (χ0v) is 11.6. The van der Waals surface area contributed by atoms with Gasteiger partial charge in [0.2, 0.25) is 0 Å². The maximum Gasteiger partial charge on any atom is 0.0500 e. The summed E-state index contributed by atoms with van der Waals surface area (Å²) < 4.78 is 5.25. The number of piperidine rings is 1. The van der Waals surface area contributed by atoms with E-state index in [0.717, 1.165) is 24.7 Å². The van der Waals surface area contributed by atoms with Crippen molar-refractivity contribution in [3.05, 3.63) is 0 Å². The van der Waals surface area contributed by atoms with Gasteiger partial charge in [-0.05, 0) is 38.1 Å². The second-order valence-electron chi connectivity index (χ2n) is 5.91. The molecule has 0 aliphatic carbocycles. The average molecular weight is 240 g/mol. The van der Waals surface area contributed by atoms with Crippen LogP contribution in [0.25, 0.3) is 0 Å². The van der Waals surface area contributed by atoms with E-state index in [2.05, 4.69) is 24.1 Å². The van der Waals surface area contributed by atoms with Crippen LogP contribution in [-0.4, -0.2) is 49.8 Å². The summed E-state index contributed by atoms with van der Waals surface area (Å²) >= 11 is 0. The molecule has 2 aliphatic heterocycles. The molecule has 2 saturated heterocycles. The zero-order chi connectivity index (χ0) is 12.3. The summed E-state index contributed by atoms with van der Waals surface area (Å²) in [6.07, 6.45) is 5.49. The molecule has 0 spiro atoms. The molecular formula is C14H28N2O. The molecule has 0 aromatic carbocycles. The highest BCUT2D eigenvalue weighted by atomic mass is 16.5. The summed E-state index contributed by atoms with van der Waals surface area (Å²) in [6, 6.07) is 2.40. The Morgan fingerprint density at radius 3 is 2.47 bits per heavy atom. The van der Waals surface area contributed by atoms with E-state index in [4.69, 9.17) is 4.74 Å². The molecule has 2 fully saturated rings. The Labute approximate surface area is 106 Å². The lowest BCUT2D eigenvalue weighted by molar-refractivity contribution is 0.0929. The molecule has 0 aromatic heterocycles. The maximum atomic E-state index is 5.25. The van der Waals surface area contributed by atoms with Gasteiger partial charge in [-0.15, -0.1) is 0 Å². The van der Waals surface area contributed by atoms with Crippen molar-refractivity contribution >= 4 is 0 Å². The molecule has 0 aromatic rings. The van der Waals surface area contributed by atoms with Crippen molar-refractivity contribution in [3.8, 4) is 0 Å². The Kier molecular flexibility index (Phi) is 4.83. The van der Waals surface area contributed by atoms with Crippen LogP contribution in [0.5, 0.6) is 0 Å². The standard InChI is InChI=1S/C14H28N2O/c1-4-16(9-11(2)10-17-3)14-7-12-5-6-13(8-14)15-12/h11-15H,4-10H2,1-3H3. The van der Waals surface area contributed by atoms with Crippen molar-refractivity contribution in [2.75, 3.05) is 26.8 Å². The maximum absolute atomic E-state index is 5.25. The highest BCUT2D eigenvalue weighted by molar-refractivity contribution is 4.95.